The van der Waals surface area contributed by atoms with Crippen LogP contribution in [0.25, 0.3) is 0 Å². The summed E-state index contributed by atoms with van der Waals surface area (Å²) in [6.07, 6.45) is 3.07. The van der Waals surface area contributed by atoms with Crippen LogP contribution >= 0.6 is 0 Å². The fourth-order valence-electron chi connectivity index (χ4n) is 2.75. The summed E-state index contributed by atoms with van der Waals surface area (Å²) >= 11 is 0. The predicted octanol–water partition coefficient (Wildman–Crippen LogP) is 1.16. The maximum atomic E-state index is 12.5. The van der Waals surface area contributed by atoms with Gasteiger partial charge in [-0.15, -0.1) is 0 Å². The molecule has 0 aromatic heterocycles. The van der Waals surface area contributed by atoms with E-state index >= 15 is 0 Å². The predicted molar refractivity (Wildman–Crippen MR) is 69.0 cm³/mol. The largest absolute Gasteiger partial charge is 0.480 e. The number of carbonyl (C=O) groups is 2. The first-order chi connectivity index (χ1) is 9.13. The zero-order chi connectivity index (χ0) is 13.8. The molecule has 2 rings (SSSR count). The second-order valence-electron chi connectivity index (χ2n) is 5.17. The number of carboxylic acid groups (broad SMARTS) is 1. The molecule has 0 radical (unpaired) electrons. The van der Waals surface area contributed by atoms with Gasteiger partial charge in [-0.2, -0.15) is 0 Å². The first-order valence-electron chi connectivity index (χ1n) is 7.03. The van der Waals surface area contributed by atoms with Crippen molar-refractivity contribution < 1.29 is 19.4 Å². The van der Waals surface area contributed by atoms with Gasteiger partial charge in [0.1, 0.15) is 6.04 Å². The number of rotatable bonds is 2. The highest BCUT2D eigenvalue weighted by Gasteiger charge is 2.36. The van der Waals surface area contributed by atoms with Crippen LogP contribution in [0.3, 0.4) is 0 Å². The van der Waals surface area contributed by atoms with Gasteiger partial charge >= 0.3 is 12.0 Å². The van der Waals surface area contributed by atoms with Crippen molar-refractivity contribution in [3.8, 4) is 0 Å². The van der Waals surface area contributed by atoms with Crippen molar-refractivity contribution in [3.05, 3.63) is 0 Å². The molecule has 0 saturated carbocycles. The third kappa shape index (κ3) is 3.18. The topological polar surface area (TPSA) is 70.1 Å². The van der Waals surface area contributed by atoms with Crippen molar-refractivity contribution in [1.82, 2.24) is 9.80 Å². The van der Waals surface area contributed by atoms with Crippen LogP contribution < -0.4 is 0 Å². The van der Waals surface area contributed by atoms with Crippen molar-refractivity contribution in [2.75, 3.05) is 26.2 Å². The monoisotopic (exact) mass is 270 g/mol. The first-order valence-corrected chi connectivity index (χ1v) is 7.03. The van der Waals surface area contributed by atoms with Gasteiger partial charge in [0.2, 0.25) is 0 Å². The van der Waals surface area contributed by atoms with E-state index in [-0.39, 0.29) is 12.1 Å². The Labute approximate surface area is 113 Å². The molecule has 2 atom stereocenters. The zero-order valence-electron chi connectivity index (χ0n) is 11.4. The Kier molecular flexibility index (Phi) is 4.63. The number of carbonyl (C=O) groups excluding carboxylic acids is 1. The summed E-state index contributed by atoms with van der Waals surface area (Å²) < 4.78 is 5.64. The second-order valence-corrected chi connectivity index (χ2v) is 5.17. The molecule has 2 heterocycles. The van der Waals surface area contributed by atoms with Crippen molar-refractivity contribution >= 4 is 12.0 Å². The van der Waals surface area contributed by atoms with E-state index in [4.69, 9.17) is 9.84 Å². The van der Waals surface area contributed by atoms with Crippen LogP contribution in [0.5, 0.6) is 0 Å². The molecule has 0 bridgehead atoms. The maximum Gasteiger partial charge on any atom is 0.326 e. The minimum absolute atomic E-state index is 0.0670. The summed E-state index contributed by atoms with van der Waals surface area (Å²) in [6, 6.07) is -0.800. The van der Waals surface area contributed by atoms with Gasteiger partial charge in [0, 0.05) is 26.2 Å². The summed E-state index contributed by atoms with van der Waals surface area (Å²) in [4.78, 5) is 26.9. The van der Waals surface area contributed by atoms with Crippen LogP contribution in [0.15, 0.2) is 0 Å². The second kappa shape index (κ2) is 6.23. The number of hydrogen-bond acceptors (Lipinski definition) is 3. The molecule has 0 spiro atoms. The molecule has 1 unspecified atom stereocenters. The summed E-state index contributed by atoms with van der Waals surface area (Å²) in [5.74, 6) is -0.899. The quantitative estimate of drug-likeness (QED) is 0.817. The normalized spacial score (nSPS) is 28.3. The highest BCUT2D eigenvalue weighted by Crippen LogP contribution is 2.20. The van der Waals surface area contributed by atoms with Gasteiger partial charge < -0.3 is 19.6 Å². The fourth-order valence-corrected chi connectivity index (χ4v) is 2.75. The summed E-state index contributed by atoms with van der Waals surface area (Å²) in [6.45, 7) is 4.47. The molecule has 108 valence electrons. The van der Waals surface area contributed by atoms with Crippen molar-refractivity contribution in [1.29, 1.82) is 0 Å². The number of ether oxygens (including phenoxy) is 1. The number of likely N-dealkylation sites (tertiary alicyclic amines) is 1. The standard InChI is InChI=1S/C13H22N2O4/c1-2-10-9-14(6-4-8-19-10)13(18)15-7-3-5-11(15)12(16)17/h10-11H,2-9H2,1H3,(H,16,17)/t10?,11-/m1/s1. The number of nitrogens with zero attached hydrogens (tertiary/aromatic N) is 2. The lowest BCUT2D eigenvalue weighted by Crippen LogP contribution is -2.49. The van der Waals surface area contributed by atoms with Gasteiger partial charge in [0.05, 0.1) is 6.10 Å². The van der Waals surface area contributed by atoms with Gasteiger partial charge in [0.25, 0.3) is 0 Å². The summed E-state index contributed by atoms with van der Waals surface area (Å²) in [7, 11) is 0. The maximum absolute atomic E-state index is 12.5. The van der Waals surface area contributed by atoms with Gasteiger partial charge in [-0.05, 0) is 25.7 Å². The smallest absolute Gasteiger partial charge is 0.326 e. The minimum Gasteiger partial charge on any atom is -0.480 e. The lowest BCUT2D eigenvalue weighted by atomic mass is 10.2. The molecular formula is C13H22N2O4. The molecule has 2 aliphatic heterocycles. The number of carboxylic acids is 1. The van der Waals surface area contributed by atoms with Crippen molar-refractivity contribution in [3.63, 3.8) is 0 Å². The molecule has 6 heteroatoms. The molecule has 2 amide bonds. The van der Waals surface area contributed by atoms with E-state index in [1.165, 1.54) is 4.90 Å². The Bertz CT molecular complexity index is 348. The molecule has 0 aromatic rings. The molecule has 2 fully saturated rings. The van der Waals surface area contributed by atoms with E-state index < -0.39 is 12.0 Å². The Morgan fingerprint density at radius 3 is 2.79 bits per heavy atom. The van der Waals surface area contributed by atoms with Gasteiger partial charge in [-0.1, -0.05) is 6.92 Å². The Morgan fingerprint density at radius 2 is 2.11 bits per heavy atom. The van der Waals surface area contributed by atoms with E-state index in [0.29, 0.717) is 32.7 Å². The lowest BCUT2D eigenvalue weighted by Gasteiger charge is -2.30. The highest BCUT2D eigenvalue weighted by molar-refractivity contribution is 5.83. The van der Waals surface area contributed by atoms with Crippen LogP contribution in [0.1, 0.15) is 32.6 Å². The SMILES string of the molecule is CCC1CN(C(=O)N2CCC[C@@H]2C(=O)O)CCCO1. The lowest BCUT2D eigenvalue weighted by molar-refractivity contribution is -0.141. The average molecular weight is 270 g/mol. The van der Waals surface area contributed by atoms with Crippen LogP contribution in [-0.4, -0.2) is 65.3 Å². The molecule has 0 aromatic carbocycles. The van der Waals surface area contributed by atoms with E-state index in [1.54, 1.807) is 4.90 Å². The van der Waals surface area contributed by atoms with E-state index in [9.17, 15) is 9.59 Å². The van der Waals surface area contributed by atoms with E-state index in [0.717, 1.165) is 19.3 Å². The zero-order valence-corrected chi connectivity index (χ0v) is 11.4. The number of aliphatic carboxylic acids is 1. The average Bonchev–Trinajstić information content (AvgIpc) is 2.76. The Hall–Kier alpha value is -1.30. The molecule has 6 nitrogen and oxygen atoms in total. The van der Waals surface area contributed by atoms with Crippen LogP contribution in [0, 0.1) is 0 Å². The highest BCUT2D eigenvalue weighted by atomic mass is 16.5. The minimum atomic E-state index is -0.899. The molecule has 1 N–H and O–H groups in total. The van der Waals surface area contributed by atoms with E-state index in [1.807, 2.05) is 6.92 Å². The van der Waals surface area contributed by atoms with Crippen molar-refractivity contribution in [2.24, 2.45) is 0 Å². The van der Waals surface area contributed by atoms with Crippen LogP contribution in [0.2, 0.25) is 0 Å². The van der Waals surface area contributed by atoms with Crippen LogP contribution in [-0.2, 0) is 9.53 Å². The van der Waals surface area contributed by atoms with Crippen molar-refractivity contribution in [2.45, 2.75) is 44.8 Å². The summed E-state index contributed by atoms with van der Waals surface area (Å²) in [5.41, 5.74) is 0. The number of hydrogen-bond donors (Lipinski definition) is 1. The molecule has 19 heavy (non-hydrogen) atoms. The molecule has 2 aliphatic rings. The van der Waals surface area contributed by atoms with Crippen LogP contribution in [0.4, 0.5) is 4.79 Å². The Balaban J connectivity index is 2.03. The van der Waals surface area contributed by atoms with Gasteiger partial charge in [-0.25, -0.2) is 9.59 Å². The first kappa shape index (κ1) is 14.1. The molecule has 0 aliphatic carbocycles. The number of amides is 2. The van der Waals surface area contributed by atoms with Gasteiger partial charge in [0.15, 0.2) is 0 Å². The third-order valence-electron chi connectivity index (χ3n) is 3.86. The summed E-state index contributed by atoms with van der Waals surface area (Å²) in [5, 5.41) is 9.15. The number of urea groups is 1. The third-order valence-corrected chi connectivity index (χ3v) is 3.86. The molecule has 2 saturated heterocycles. The van der Waals surface area contributed by atoms with Gasteiger partial charge in [-0.3, -0.25) is 0 Å². The molecular weight excluding hydrogens is 248 g/mol. The Morgan fingerprint density at radius 1 is 1.32 bits per heavy atom. The fraction of sp³-hybridized carbons (Fsp3) is 0.846. The van der Waals surface area contributed by atoms with E-state index in [2.05, 4.69) is 0 Å².